The Balaban J connectivity index is 2.30. The van der Waals surface area contributed by atoms with Crippen molar-refractivity contribution in [1.29, 1.82) is 0 Å². The van der Waals surface area contributed by atoms with Crippen LogP contribution in [0.3, 0.4) is 0 Å². The molecule has 2 nitrogen and oxygen atoms in total. The van der Waals surface area contributed by atoms with Gasteiger partial charge in [-0.2, -0.15) is 0 Å². The molecule has 2 atom stereocenters. The second-order valence-corrected chi connectivity index (χ2v) is 4.74. The highest BCUT2D eigenvalue weighted by Crippen LogP contribution is 2.29. The van der Waals surface area contributed by atoms with E-state index in [9.17, 15) is 0 Å². The molecular formula is C12H25NO. The first kappa shape index (κ1) is 12.0. The standard InChI is InChI=1S/C12H25NO/c1-10(2)14-9-12-7-5-4-6-11(12)8-13-3/h10-13H,4-9H2,1-3H3. The van der Waals surface area contributed by atoms with E-state index in [1.807, 2.05) is 0 Å². The maximum atomic E-state index is 5.73. The van der Waals surface area contributed by atoms with Crippen LogP contribution < -0.4 is 5.32 Å². The molecule has 0 saturated heterocycles. The second kappa shape index (κ2) is 6.41. The lowest BCUT2D eigenvalue weighted by Crippen LogP contribution is -2.32. The number of rotatable bonds is 5. The van der Waals surface area contributed by atoms with E-state index in [4.69, 9.17) is 4.74 Å². The molecule has 1 N–H and O–H groups in total. The first-order valence-corrected chi connectivity index (χ1v) is 6.00. The van der Waals surface area contributed by atoms with E-state index in [0.717, 1.165) is 25.0 Å². The predicted molar refractivity (Wildman–Crippen MR) is 60.5 cm³/mol. The molecule has 0 aromatic heterocycles. The highest BCUT2D eigenvalue weighted by atomic mass is 16.5. The molecule has 2 unspecified atom stereocenters. The number of hydrogen-bond donors (Lipinski definition) is 1. The number of hydrogen-bond acceptors (Lipinski definition) is 2. The molecule has 0 amide bonds. The van der Waals surface area contributed by atoms with Gasteiger partial charge in [0.05, 0.1) is 12.7 Å². The molecule has 0 radical (unpaired) electrons. The monoisotopic (exact) mass is 199 g/mol. The minimum Gasteiger partial charge on any atom is -0.378 e. The molecular weight excluding hydrogens is 174 g/mol. The minimum atomic E-state index is 0.382. The molecule has 0 aromatic rings. The summed E-state index contributed by atoms with van der Waals surface area (Å²) in [4.78, 5) is 0. The summed E-state index contributed by atoms with van der Waals surface area (Å²) in [5.74, 6) is 1.63. The van der Waals surface area contributed by atoms with Gasteiger partial charge < -0.3 is 10.1 Å². The zero-order valence-electron chi connectivity index (χ0n) is 9.88. The third-order valence-corrected chi connectivity index (χ3v) is 3.18. The Kier molecular flexibility index (Phi) is 5.49. The Morgan fingerprint density at radius 2 is 1.86 bits per heavy atom. The minimum absolute atomic E-state index is 0.382. The van der Waals surface area contributed by atoms with E-state index in [-0.39, 0.29) is 0 Å². The highest BCUT2D eigenvalue weighted by Gasteiger charge is 2.24. The molecule has 0 spiro atoms. The fourth-order valence-corrected chi connectivity index (χ4v) is 2.35. The van der Waals surface area contributed by atoms with Crippen LogP contribution in [0.25, 0.3) is 0 Å². The maximum Gasteiger partial charge on any atom is 0.0519 e. The summed E-state index contributed by atoms with van der Waals surface area (Å²) >= 11 is 0. The molecule has 0 aliphatic heterocycles. The molecule has 1 fully saturated rings. The van der Waals surface area contributed by atoms with Crippen LogP contribution >= 0.6 is 0 Å². The lowest BCUT2D eigenvalue weighted by atomic mass is 9.79. The van der Waals surface area contributed by atoms with Crippen molar-refractivity contribution in [3.05, 3.63) is 0 Å². The van der Waals surface area contributed by atoms with Crippen molar-refractivity contribution in [1.82, 2.24) is 5.32 Å². The van der Waals surface area contributed by atoms with Crippen molar-refractivity contribution >= 4 is 0 Å². The van der Waals surface area contributed by atoms with Crippen LogP contribution in [0.5, 0.6) is 0 Å². The largest absolute Gasteiger partial charge is 0.378 e. The van der Waals surface area contributed by atoms with Gasteiger partial charge in [-0.05, 0) is 52.1 Å². The zero-order chi connectivity index (χ0) is 10.4. The Bertz CT molecular complexity index is 145. The Hall–Kier alpha value is -0.0800. The van der Waals surface area contributed by atoms with E-state index >= 15 is 0 Å². The molecule has 1 rings (SSSR count). The van der Waals surface area contributed by atoms with Gasteiger partial charge in [-0.15, -0.1) is 0 Å². The summed E-state index contributed by atoms with van der Waals surface area (Å²) in [5.41, 5.74) is 0. The predicted octanol–water partition coefficient (Wildman–Crippen LogP) is 2.44. The quantitative estimate of drug-likeness (QED) is 0.734. The first-order chi connectivity index (χ1) is 6.74. The average Bonchev–Trinajstić information content (AvgIpc) is 2.17. The second-order valence-electron chi connectivity index (χ2n) is 4.74. The van der Waals surface area contributed by atoms with Crippen molar-refractivity contribution in [2.24, 2.45) is 11.8 Å². The molecule has 1 saturated carbocycles. The van der Waals surface area contributed by atoms with Gasteiger partial charge in [-0.25, -0.2) is 0 Å². The fourth-order valence-electron chi connectivity index (χ4n) is 2.35. The summed E-state index contributed by atoms with van der Waals surface area (Å²) in [6, 6.07) is 0. The molecule has 0 bridgehead atoms. The highest BCUT2D eigenvalue weighted by molar-refractivity contribution is 4.76. The molecule has 1 aliphatic rings. The SMILES string of the molecule is CNCC1CCCCC1COC(C)C. The van der Waals surface area contributed by atoms with Gasteiger partial charge in [0.25, 0.3) is 0 Å². The fraction of sp³-hybridized carbons (Fsp3) is 1.00. The van der Waals surface area contributed by atoms with Gasteiger partial charge >= 0.3 is 0 Å². The summed E-state index contributed by atoms with van der Waals surface area (Å²) in [6.07, 6.45) is 5.93. The maximum absolute atomic E-state index is 5.73. The van der Waals surface area contributed by atoms with Gasteiger partial charge in [-0.1, -0.05) is 12.8 Å². The summed E-state index contributed by atoms with van der Waals surface area (Å²) in [7, 11) is 2.05. The average molecular weight is 199 g/mol. The van der Waals surface area contributed by atoms with Gasteiger partial charge in [0, 0.05) is 0 Å². The van der Waals surface area contributed by atoms with Crippen LogP contribution in [0.4, 0.5) is 0 Å². The Morgan fingerprint density at radius 3 is 2.43 bits per heavy atom. The summed E-state index contributed by atoms with van der Waals surface area (Å²) < 4.78 is 5.73. The van der Waals surface area contributed by atoms with Crippen molar-refractivity contribution in [2.75, 3.05) is 20.2 Å². The Morgan fingerprint density at radius 1 is 1.21 bits per heavy atom. The van der Waals surface area contributed by atoms with Crippen molar-refractivity contribution in [3.63, 3.8) is 0 Å². The molecule has 1 aliphatic carbocycles. The van der Waals surface area contributed by atoms with Crippen molar-refractivity contribution in [3.8, 4) is 0 Å². The topological polar surface area (TPSA) is 21.3 Å². The molecule has 84 valence electrons. The van der Waals surface area contributed by atoms with Crippen molar-refractivity contribution < 1.29 is 4.74 Å². The van der Waals surface area contributed by atoms with Crippen LogP contribution in [-0.4, -0.2) is 26.3 Å². The molecule has 2 heteroatoms. The first-order valence-electron chi connectivity index (χ1n) is 6.00. The molecule has 0 aromatic carbocycles. The number of nitrogens with one attached hydrogen (secondary N) is 1. The van der Waals surface area contributed by atoms with Gasteiger partial charge in [0.1, 0.15) is 0 Å². The van der Waals surface area contributed by atoms with E-state index in [0.29, 0.717) is 6.10 Å². The van der Waals surface area contributed by atoms with Crippen molar-refractivity contribution in [2.45, 2.75) is 45.6 Å². The third kappa shape index (κ3) is 3.97. The van der Waals surface area contributed by atoms with E-state index < -0.39 is 0 Å². The lowest BCUT2D eigenvalue weighted by Gasteiger charge is -2.31. The third-order valence-electron chi connectivity index (χ3n) is 3.18. The van der Waals surface area contributed by atoms with Crippen LogP contribution in [0.2, 0.25) is 0 Å². The van der Waals surface area contributed by atoms with Crippen LogP contribution in [0.1, 0.15) is 39.5 Å². The van der Waals surface area contributed by atoms with E-state index in [1.165, 1.54) is 25.7 Å². The van der Waals surface area contributed by atoms with E-state index in [1.54, 1.807) is 0 Å². The normalized spacial score (nSPS) is 28.3. The smallest absolute Gasteiger partial charge is 0.0519 e. The number of ether oxygens (including phenoxy) is 1. The van der Waals surface area contributed by atoms with Crippen LogP contribution in [0, 0.1) is 11.8 Å². The van der Waals surface area contributed by atoms with Gasteiger partial charge in [0.15, 0.2) is 0 Å². The summed E-state index contributed by atoms with van der Waals surface area (Å²) in [5, 5.41) is 3.30. The zero-order valence-corrected chi connectivity index (χ0v) is 9.88. The van der Waals surface area contributed by atoms with Gasteiger partial charge in [0.2, 0.25) is 0 Å². The molecule has 0 heterocycles. The van der Waals surface area contributed by atoms with Crippen LogP contribution in [0.15, 0.2) is 0 Å². The molecule has 14 heavy (non-hydrogen) atoms. The van der Waals surface area contributed by atoms with Crippen LogP contribution in [-0.2, 0) is 4.74 Å². The van der Waals surface area contributed by atoms with Gasteiger partial charge in [-0.3, -0.25) is 0 Å². The van der Waals surface area contributed by atoms with E-state index in [2.05, 4.69) is 26.2 Å². The lowest BCUT2D eigenvalue weighted by molar-refractivity contribution is 0.0226. The summed E-state index contributed by atoms with van der Waals surface area (Å²) in [6.45, 7) is 6.36. The Labute approximate surface area is 88.4 Å².